The molecule has 2 N–H and O–H groups in total. The summed E-state index contributed by atoms with van der Waals surface area (Å²) < 4.78 is 10.5. The Kier molecular flexibility index (Phi) is 3.98. The molecule has 5 nitrogen and oxygen atoms in total. The number of aliphatic carboxylic acids is 1. The van der Waals surface area contributed by atoms with Crippen LogP contribution >= 0.6 is 11.8 Å². The van der Waals surface area contributed by atoms with Crippen LogP contribution in [-0.4, -0.2) is 37.1 Å². The highest BCUT2D eigenvalue weighted by atomic mass is 32.2. The third-order valence-corrected chi connectivity index (χ3v) is 4.05. The van der Waals surface area contributed by atoms with Gasteiger partial charge < -0.3 is 14.6 Å². The average Bonchev–Trinajstić information content (AvgIpc) is 2.87. The monoisotopic (exact) mass is 269 g/mol. The fraction of sp³-hybridized carbons (Fsp3) is 0.417. The van der Waals surface area contributed by atoms with Crippen LogP contribution in [0.2, 0.25) is 0 Å². The molecule has 1 aliphatic heterocycles. The van der Waals surface area contributed by atoms with Crippen molar-refractivity contribution in [2.75, 3.05) is 20.0 Å². The number of carboxylic acid groups (broad SMARTS) is 1. The predicted octanol–water partition coefficient (Wildman–Crippen LogP) is 1.49. The molecule has 0 saturated carbocycles. The van der Waals surface area contributed by atoms with Gasteiger partial charge in [-0.1, -0.05) is 0 Å². The van der Waals surface area contributed by atoms with E-state index in [-0.39, 0.29) is 5.37 Å². The van der Waals surface area contributed by atoms with E-state index in [0.29, 0.717) is 5.75 Å². The molecule has 6 heteroatoms. The van der Waals surface area contributed by atoms with Gasteiger partial charge in [0.05, 0.1) is 19.6 Å². The minimum Gasteiger partial charge on any atom is -0.497 e. The zero-order valence-corrected chi connectivity index (χ0v) is 11.0. The Morgan fingerprint density at radius 2 is 2.22 bits per heavy atom. The van der Waals surface area contributed by atoms with Gasteiger partial charge in [0.25, 0.3) is 0 Å². The zero-order valence-electron chi connectivity index (χ0n) is 10.2. The Balaban J connectivity index is 2.24. The quantitative estimate of drug-likeness (QED) is 0.863. The SMILES string of the molecule is COc1ccc(OC)c([C@@H]2NC(C(=O)O)CS2)c1. The molecule has 0 radical (unpaired) electrons. The molecule has 2 atom stereocenters. The summed E-state index contributed by atoms with van der Waals surface area (Å²) in [6.45, 7) is 0. The fourth-order valence-corrected chi connectivity index (χ4v) is 3.09. The van der Waals surface area contributed by atoms with Crippen LogP contribution in [0.5, 0.6) is 11.5 Å². The van der Waals surface area contributed by atoms with Crippen LogP contribution in [0.1, 0.15) is 10.9 Å². The first-order chi connectivity index (χ1) is 8.65. The van der Waals surface area contributed by atoms with E-state index < -0.39 is 12.0 Å². The topological polar surface area (TPSA) is 67.8 Å². The molecular weight excluding hydrogens is 254 g/mol. The van der Waals surface area contributed by atoms with Gasteiger partial charge in [0.1, 0.15) is 17.5 Å². The lowest BCUT2D eigenvalue weighted by Gasteiger charge is -2.16. The Labute approximate surface area is 109 Å². The van der Waals surface area contributed by atoms with Crippen molar-refractivity contribution < 1.29 is 19.4 Å². The maximum atomic E-state index is 10.9. The molecule has 18 heavy (non-hydrogen) atoms. The van der Waals surface area contributed by atoms with Crippen LogP contribution in [-0.2, 0) is 4.79 Å². The number of rotatable bonds is 4. The van der Waals surface area contributed by atoms with Gasteiger partial charge in [-0.3, -0.25) is 10.1 Å². The van der Waals surface area contributed by atoms with Crippen molar-refractivity contribution in [1.82, 2.24) is 5.32 Å². The summed E-state index contributed by atoms with van der Waals surface area (Å²) in [4.78, 5) is 10.9. The van der Waals surface area contributed by atoms with Gasteiger partial charge in [0, 0.05) is 11.3 Å². The van der Waals surface area contributed by atoms with Crippen LogP contribution in [0.25, 0.3) is 0 Å². The number of carboxylic acids is 1. The predicted molar refractivity (Wildman–Crippen MR) is 69.3 cm³/mol. The van der Waals surface area contributed by atoms with E-state index in [9.17, 15) is 4.79 Å². The van der Waals surface area contributed by atoms with Gasteiger partial charge in [-0.25, -0.2) is 0 Å². The zero-order chi connectivity index (χ0) is 13.1. The molecule has 1 aromatic carbocycles. The summed E-state index contributed by atoms with van der Waals surface area (Å²) in [6.07, 6.45) is 0. The summed E-state index contributed by atoms with van der Waals surface area (Å²) in [5.74, 6) is 1.17. The van der Waals surface area contributed by atoms with Gasteiger partial charge in [-0.05, 0) is 18.2 Å². The molecule has 0 amide bonds. The summed E-state index contributed by atoms with van der Waals surface area (Å²) in [5.41, 5.74) is 0.908. The lowest BCUT2D eigenvalue weighted by molar-refractivity contribution is -0.138. The Bertz CT molecular complexity index is 452. The van der Waals surface area contributed by atoms with Crippen molar-refractivity contribution >= 4 is 17.7 Å². The normalized spacial score (nSPS) is 22.8. The number of ether oxygens (including phenoxy) is 2. The highest BCUT2D eigenvalue weighted by Gasteiger charge is 2.32. The molecule has 0 aromatic heterocycles. The first-order valence-electron chi connectivity index (χ1n) is 5.48. The molecule has 1 heterocycles. The first-order valence-corrected chi connectivity index (χ1v) is 6.53. The van der Waals surface area contributed by atoms with Crippen molar-refractivity contribution in [3.8, 4) is 11.5 Å². The Morgan fingerprint density at radius 1 is 1.44 bits per heavy atom. The largest absolute Gasteiger partial charge is 0.497 e. The molecule has 98 valence electrons. The van der Waals surface area contributed by atoms with Gasteiger partial charge in [0.2, 0.25) is 0 Å². The van der Waals surface area contributed by atoms with E-state index in [0.717, 1.165) is 17.1 Å². The minimum absolute atomic E-state index is 0.0869. The third kappa shape index (κ3) is 2.54. The Hall–Kier alpha value is -1.40. The maximum Gasteiger partial charge on any atom is 0.321 e. The molecular formula is C12H15NO4S. The van der Waals surface area contributed by atoms with E-state index in [1.165, 1.54) is 0 Å². The van der Waals surface area contributed by atoms with Crippen LogP contribution in [0.4, 0.5) is 0 Å². The van der Waals surface area contributed by atoms with Crippen LogP contribution in [0.15, 0.2) is 18.2 Å². The van der Waals surface area contributed by atoms with Gasteiger partial charge in [0.15, 0.2) is 0 Å². The number of nitrogens with one attached hydrogen (secondary N) is 1. The molecule has 0 aliphatic carbocycles. The van der Waals surface area contributed by atoms with E-state index in [2.05, 4.69) is 5.32 Å². The average molecular weight is 269 g/mol. The molecule has 2 rings (SSSR count). The van der Waals surface area contributed by atoms with Gasteiger partial charge in [-0.2, -0.15) is 0 Å². The number of carbonyl (C=O) groups is 1. The van der Waals surface area contributed by atoms with E-state index in [4.69, 9.17) is 14.6 Å². The fourth-order valence-electron chi connectivity index (χ4n) is 1.84. The highest BCUT2D eigenvalue weighted by molar-refractivity contribution is 7.99. The second kappa shape index (κ2) is 5.49. The molecule has 0 spiro atoms. The number of hydrogen-bond acceptors (Lipinski definition) is 5. The maximum absolute atomic E-state index is 10.9. The molecule has 1 aromatic rings. The lowest BCUT2D eigenvalue weighted by Crippen LogP contribution is -2.33. The third-order valence-electron chi connectivity index (χ3n) is 2.80. The van der Waals surface area contributed by atoms with E-state index in [1.54, 1.807) is 26.0 Å². The van der Waals surface area contributed by atoms with E-state index >= 15 is 0 Å². The highest BCUT2D eigenvalue weighted by Crippen LogP contribution is 2.39. The number of benzene rings is 1. The van der Waals surface area contributed by atoms with Crippen molar-refractivity contribution in [1.29, 1.82) is 0 Å². The Morgan fingerprint density at radius 3 is 2.78 bits per heavy atom. The molecule has 1 fully saturated rings. The molecule has 1 unspecified atom stereocenters. The van der Waals surface area contributed by atoms with Crippen LogP contribution < -0.4 is 14.8 Å². The summed E-state index contributed by atoms with van der Waals surface area (Å²) in [7, 11) is 3.19. The smallest absolute Gasteiger partial charge is 0.321 e. The second-order valence-electron chi connectivity index (χ2n) is 3.88. The number of methoxy groups -OCH3 is 2. The number of thioether (sulfide) groups is 1. The van der Waals surface area contributed by atoms with E-state index in [1.807, 2.05) is 18.2 Å². The molecule has 1 aliphatic rings. The lowest BCUT2D eigenvalue weighted by atomic mass is 10.1. The second-order valence-corrected chi connectivity index (χ2v) is 5.02. The van der Waals surface area contributed by atoms with Crippen molar-refractivity contribution in [3.63, 3.8) is 0 Å². The standard InChI is InChI=1S/C12H15NO4S/c1-16-7-3-4-10(17-2)8(5-7)11-13-9(6-18-11)12(14)15/h3-5,9,11,13H,6H2,1-2H3,(H,14,15)/t9?,11-/m1/s1. The summed E-state index contributed by atoms with van der Waals surface area (Å²) in [6, 6.07) is 4.99. The minimum atomic E-state index is -0.827. The number of hydrogen-bond donors (Lipinski definition) is 2. The van der Waals surface area contributed by atoms with Crippen LogP contribution in [0, 0.1) is 0 Å². The summed E-state index contributed by atoms with van der Waals surface area (Å²) >= 11 is 1.55. The molecule has 0 bridgehead atoms. The molecule has 1 saturated heterocycles. The van der Waals surface area contributed by atoms with Crippen molar-refractivity contribution in [3.05, 3.63) is 23.8 Å². The summed E-state index contributed by atoms with van der Waals surface area (Å²) in [5, 5.41) is 11.9. The van der Waals surface area contributed by atoms with Gasteiger partial charge in [-0.15, -0.1) is 11.8 Å². The first kappa shape index (κ1) is 13.0. The van der Waals surface area contributed by atoms with Gasteiger partial charge >= 0.3 is 5.97 Å². The van der Waals surface area contributed by atoms with Crippen molar-refractivity contribution in [2.24, 2.45) is 0 Å². The van der Waals surface area contributed by atoms with Crippen molar-refractivity contribution in [2.45, 2.75) is 11.4 Å². The van der Waals surface area contributed by atoms with Crippen LogP contribution in [0.3, 0.4) is 0 Å².